The van der Waals surface area contributed by atoms with Crippen LogP contribution in [0.1, 0.15) is 11.6 Å². The molecule has 0 aromatic heterocycles. The molecule has 1 aromatic rings. The Morgan fingerprint density at radius 1 is 1.41 bits per heavy atom. The van der Waals surface area contributed by atoms with Crippen LogP contribution in [0.4, 0.5) is 18.9 Å². The minimum atomic E-state index is -4.62. The highest BCUT2D eigenvalue weighted by Gasteiger charge is 2.40. The fourth-order valence-electron chi connectivity index (χ4n) is 1.55. The maximum Gasteiger partial charge on any atom is 0.449 e. The summed E-state index contributed by atoms with van der Waals surface area (Å²) in [5.41, 5.74) is 0.411. The van der Waals surface area contributed by atoms with Crippen LogP contribution in [0.2, 0.25) is 5.02 Å². The first-order chi connectivity index (χ1) is 7.93. The van der Waals surface area contributed by atoms with Crippen molar-refractivity contribution in [2.45, 2.75) is 12.2 Å². The van der Waals surface area contributed by atoms with E-state index in [1.54, 1.807) is 0 Å². The molecule has 0 saturated carbocycles. The first-order valence-electron chi connectivity index (χ1n) is 4.59. The number of hydrogen-bond donors (Lipinski definition) is 1. The van der Waals surface area contributed by atoms with Crippen LogP contribution in [0.15, 0.2) is 23.2 Å². The van der Waals surface area contributed by atoms with Gasteiger partial charge >= 0.3 is 6.18 Å². The van der Waals surface area contributed by atoms with E-state index in [1.807, 2.05) is 0 Å². The van der Waals surface area contributed by atoms with E-state index in [9.17, 15) is 18.0 Å². The van der Waals surface area contributed by atoms with Crippen LogP contribution >= 0.6 is 11.6 Å². The van der Waals surface area contributed by atoms with Gasteiger partial charge in [0.25, 0.3) is 0 Å². The number of carbonyl (C=O) groups is 1. The summed E-state index contributed by atoms with van der Waals surface area (Å²) >= 11 is 5.83. The molecule has 2 rings (SSSR count). The molecule has 1 aromatic carbocycles. The fourth-order valence-corrected chi connectivity index (χ4v) is 1.84. The molecule has 0 bridgehead atoms. The van der Waals surface area contributed by atoms with E-state index in [1.165, 1.54) is 18.2 Å². The molecule has 0 aliphatic carbocycles. The minimum Gasteiger partial charge on any atom is -0.336 e. The second-order valence-electron chi connectivity index (χ2n) is 3.38. The summed E-state index contributed by atoms with van der Waals surface area (Å²) in [4.78, 5) is 14.1. The van der Waals surface area contributed by atoms with Gasteiger partial charge in [-0.15, -0.1) is 0 Å². The van der Waals surface area contributed by atoms with Gasteiger partial charge in [0.1, 0.15) is 12.3 Å². The van der Waals surface area contributed by atoms with Crippen molar-refractivity contribution in [1.29, 1.82) is 0 Å². The highest BCUT2D eigenvalue weighted by molar-refractivity contribution is 6.32. The molecular formula is C10H6ClF3N2O. The van der Waals surface area contributed by atoms with E-state index in [0.717, 1.165) is 0 Å². The number of amidine groups is 1. The summed E-state index contributed by atoms with van der Waals surface area (Å²) in [6.45, 7) is 0. The topological polar surface area (TPSA) is 41.5 Å². The summed E-state index contributed by atoms with van der Waals surface area (Å²) in [7, 11) is 0. The monoisotopic (exact) mass is 262 g/mol. The van der Waals surface area contributed by atoms with Crippen LogP contribution in [-0.4, -0.2) is 18.3 Å². The minimum absolute atomic E-state index is 0.150. The smallest absolute Gasteiger partial charge is 0.336 e. The van der Waals surface area contributed by atoms with Gasteiger partial charge in [-0.05, 0) is 12.1 Å². The van der Waals surface area contributed by atoms with Crippen molar-refractivity contribution in [3.63, 3.8) is 0 Å². The van der Waals surface area contributed by atoms with Crippen LogP contribution in [-0.2, 0) is 4.79 Å². The van der Waals surface area contributed by atoms with E-state index in [2.05, 4.69) is 10.3 Å². The number of nitrogens with one attached hydrogen (secondary N) is 1. The quantitative estimate of drug-likeness (QED) is 0.791. The fraction of sp³-hybridized carbons (Fsp3) is 0.200. The Hall–Kier alpha value is -1.56. The van der Waals surface area contributed by atoms with Crippen molar-refractivity contribution >= 4 is 29.4 Å². The maximum atomic E-state index is 12.5. The van der Waals surface area contributed by atoms with E-state index >= 15 is 0 Å². The number of nitrogens with zero attached hydrogens (tertiary/aromatic N) is 1. The van der Waals surface area contributed by atoms with Crippen molar-refractivity contribution in [3.8, 4) is 0 Å². The number of anilines is 1. The Labute approximate surface area is 99.3 Å². The first-order valence-corrected chi connectivity index (χ1v) is 4.97. The number of aliphatic imine (C=N–C) groups is 1. The van der Waals surface area contributed by atoms with Gasteiger partial charge in [-0.2, -0.15) is 13.2 Å². The van der Waals surface area contributed by atoms with Gasteiger partial charge in [0, 0.05) is 16.3 Å². The average molecular weight is 263 g/mol. The molecule has 1 unspecified atom stereocenters. The van der Waals surface area contributed by atoms with Gasteiger partial charge < -0.3 is 10.1 Å². The lowest BCUT2D eigenvalue weighted by Gasteiger charge is -2.24. The summed E-state index contributed by atoms with van der Waals surface area (Å²) in [6, 6.07) is 3.18. The first kappa shape index (κ1) is 11.9. The zero-order valence-corrected chi connectivity index (χ0v) is 9.01. The lowest BCUT2D eigenvalue weighted by atomic mass is 10.0. The standard InChI is InChI=1S/C10H6ClF3N2O/c11-5-2-1-3-6-8(5)7(4-17)16-9(15-6)10(12,13)14/h1-4,7H,(H,15,16). The molecule has 0 amide bonds. The number of fused-ring (bicyclic) bond motifs is 1. The largest absolute Gasteiger partial charge is 0.449 e. The number of benzene rings is 1. The van der Waals surface area contributed by atoms with Crippen LogP contribution < -0.4 is 5.32 Å². The summed E-state index contributed by atoms with van der Waals surface area (Å²) < 4.78 is 37.5. The Kier molecular flexibility index (Phi) is 2.82. The van der Waals surface area contributed by atoms with E-state index in [4.69, 9.17) is 11.6 Å². The molecule has 90 valence electrons. The second-order valence-corrected chi connectivity index (χ2v) is 3.79. The Morgan fingerprint density at radius 3 is 2.71 bits per heavy atom. The highest BCUT2D eigenvalue weighted by atomic mass is 35.5. The van der Waals surface area contributed by atoms with Crippen molar-refractivity contribution in [2.75, 3.05) is 5.32 Å². The van der Waals surface area contributed by atoms with Gasteiger partial charge in [-0.1, -0.05) is 17.7 Å². The van der Waals surface area contributed by atoms with Crippen molar-refractivity contribution in [3.05, 3.63) is 28.8 Å². The van der Waals surface area contributed by atoms with E-state index in [0.29, 0.717) is 6.29 Å². The van der Waals surface area contributed by atoms with Crippen LogP contribution in [0.25, 0.3) is 0 Å². The summed E-state index contributed by atoms with van der Waals surface area (Å²) in [6.07, 6.45) is -4.29. The number of carbonyl (C=O) groups excluding carboxylic acids is 1. The summed E-state index contributed by atoms with van der Waals surface area (Å²) in [5, 5.41) is 2.33. The van der Waals surface area contributed by atoms with Gasteiger partial charge in [0.2, 0.25) is 5.84 Å². The van der Waals surface area contributed by atoms with Gasteiger partial charge in [0.05, 0.1) is 0 Å². The van der Waals surface area contributed by atoms with Crippen LogP contribution in [0.3, 0.4) is 0 Å². The summed E-state index contributed by atoms with van der Waals surface area (Å²) in [5.74, 6) is -1.19. The van der Waals surface area contributed by atoms with Crippen molar-refractivity contribution < 1.29 is 18.0 Å². The zero-order chi connectivity index (χ0) is 12.6. The lowest BCUT2D eigenvalue weighted by Crippen LogP contribution is -2.34. The van der Waals surface area contributed by atoms with E-state index in [-0.39, 0.29) is 16.3 Å². The predicted octanol–water partition coefficient (Wildman–Crippen LogP) is 2.97. The van der Waals surface area contributed by atoms with Crippen LogP contribution in [0, 0.1) is 0 Å². The van der Waals surface area contributed by atoms with E-state index < -0.39 is 18.1 Å². The normalized spacial score (nSPS) is 19.1. The number of halogens is 4. The van der Waals surface area contributed by atoms with Gasteiger partial charge in [0.15, 0.2) is 0 Å². The molecule has 3 nitrogen and oxygen atoms in total. The molecule has 17 heavy (non-hydrogen) atoms. The van der Waals surface area contributed by atoms with Gasteiger partial charge in [-0.25, -0.2) is 4.99 Å². The molecule has 1 N–H and O–H groups in total. The Morgan fingerprint density at radius 2 is 2.12 bits per heavy atom. The molecule has 0 fully saturated rings. The zero-order valence-electron chi connectivity index (χ0n) is 8.25. The third-order valence-corrected chi connectivity index (χ3v) is 2.60. The Bertz CT molecular complexity index is 499. The van der Waals surface area contributed by atoms with Crippen molar-refractivity contribution in [2.24, 2.45) is 4.99 Å². The number of hydrogen-bond acceptors (Lipinski definition) is 3. The van der Waals surface area contributed by atoms with Crippen LogP contribution in [0.5, 0.6) is 0 Å². The Balaban J connectivity index is 2.53. The van der Waals surface area contributed by atoms with Gasteiger partial charge in [-0.3, -0.25) is 0 Å². The molecule has 1 atom stereocenters. The maximum absolute atomic E-state index is 12.5. The third kappa shape index (κ3) is 2.12. The van der Waals surface area contributed by atoms with Crippen molar-refractivity contribution in [1.82, 2.24) is 0 Å². The number of alkyl halides is 3. The number of rotatable bonds is 1. The third-order valence-electron chi connectivity index (χ3n) is 2.27. The number of aldehydes is 1. The molecule has 7 heteroatoms. The molecule has 0 saturated heterocycles. The molecule has 1 aliphatic rings. The predicted molar refractivity (Wildman–Crippen MR) is 57.4 cm³/mol. The SMILES string of the molecule is O=CC1N=C(C(F)(F)F)Nc2cccc(Cl)c21. The second kappa shape index (κ2) is 4.03. The molecule has 1 aliphatic heterocycles. The highest BCUT2D eigenvalue weighted by Crippen LogP contribution is 2.36. The molecule has 1 heterocycles. The lowest BCUT2D eigenvalue weighted by molar-refractivity contribution is -0.109. The molecule has 0 spiro atoms. The average Bonchev–Trinajstić information content (AvgIpc) is 2.26. The molecular weight excluding hydrogens is 257 g/mol. The molecule has 0 radical (unpaired) electrons.